The molecule has 0 unspecified atom stereocenters. The Bertz CT molecular complexity index is 1210. The first-order valence-electron chi connectivity index (χ1n) is 9.58. The van der Waals surface area contributed by atoms with Crippen molar-refractivity contribution in [2.24, 2.45) is 0 Å². The van der Waals surface area contributed by atoms with Crippen LogP contribution < -0.4 is 0 Å². The molecule has 0 bridgehead atoms. The van der Waals surface area contributed by atoms with E-state index < -0.39 is 0 Å². The van der Waals surface area contributed by atoms with Gasteiger partial charge in [0.2, 0.25) is 0 Å². The van der Waals surface area contributed by atoms with Gasteiger partial charge in [0.1, 0.15) is 0 Å². The maximum atomic E-state index is 13.6. The first-order chi connectivity index (χ1) is 13.4. The number of rotatable bonds is 3. The summed E-state index contributed by atoms with van der Waals surface area (Å²) < 4.78 is 1.17. The topological polar surface area (TPSA) is 17.1 Å². The second-order valence-corrected chi connectivity index (χ2v) is 8.73. The number of benzene rings is 3. The van der Waals surface area contributed by atoms with Crippen molar-refractivity contribution in [1.82, 2.24) is 0 Å². The highest BCUT2D eigenvalue weighted by atomic mass is 32.1. The maximum Gasteiger partial charge on any atom is 0.195 e. The summed E-state index contributed by atoms with van der Waals surface area (Å²) in [5.41, 5.74) is 8.94. The highest BCUT2D eigenvalue weighted by molar-refractivity contribution is 7.22. The number of carbonyl (C=O) groups excluding carboxylic acids is 1. The minimum absolute atomic E-state index is 0.0998. The zero-order valence-corrected chi connectivity index (χ0v) is 17.8. The van der Waals surface area contributed by atoms with Crippen LogP contribution in [-0.4, -0.2) is 5.78 Å². The van der Waals surface area contributed by atoms with Crippen molar-refractivity contribution < 1.29 is 4.79 Å². The van der Waals surface area contributed by atoms with Gasteiger partial charge in [-0.2, -0.15) is 0 Å². The lowest BCUT2D eigenvalue weighted by molar-refractivity contribution is 0.104. The number of aryl methyl sites for hydroxylation is 3. The van der Waals surface area contributed by atoms with E-state index in [0.717, 1.165) is 32.5 Å². The molecule has 140 valence electrons. The number of fused-ring (bicyclic) bond motifs is 1. The second kappa shape index (κ2) is 7.03. The van der Waals surface area contributed by atoms with E-state index >= 15 is 0 Å². The lowest BCUT2D eigenvalue weighted by atomic mass is 9.92. The average Bonchev–Trinajstić information content (AvgIpc) is 3.04. The van der Waals surface area contributed by atoms with Crippen LogP contribution in [0.2, 0.25) is 0 Å². The molecule has 28 heavy (non-hydrogen) atoms. The number of thiophene rings is 1. The third-order valence-electron chi connectivity index (χ3n) is 5.69. The van der Waals surface area contributed by atoms with Crippen molar-refractivity contribution >= 4 is 27.2 Å². The van der Waals surface area contributed by atoms with E-state index in [-0.39, 0.29) is 5.78 Å². The van der Waals surface area contributed by atoms with E-state index in [1.807, 2.05) is 31.2 Å². The first-order valence-corrected chi connectivity index (χ1v) is 10.4. The molecule has 0 spiro atoms. The molecule has 4 rings (SSSR count). The van der Waals surface area contributed by atoms with Gasteiger partial charge in [0.05, 0.1) is 0 Å². The van der Waals surface area contributed by atoms with Crippen molar-refractivity contribution in [1.29, 1.82) is 0 Å². The van der Waals surface area contributed by atoms with Gasteiger partial charge in [0.15, 0.2) is 5.78 Å². The number of hydrogen-bond acceptors (Lipinski definition) is 2. The molecule has 1 heterocycles. The van der Waals surface area contributed by atoms with E-state index in [2.05, 4.69) is 58.0 Å². The summed E-state index contributed by atoms with van der Waals surface area (Å²) in [4.78, 5) is 14.7. The van der Waals surface area contributed by atoms with Gasteiger partial charge in [-0.3, -0.25) is 4.79 Å². The van der Waals surface area contributed by atoms with Crippen molar-refractivity contribution in [2.45, 2.75) is 34.6 Å². The van der Waals surface area contributed by atoms with Crippen LogP contribution in [0.5, 0.6) is 0 Å². The molecule has 3 aromatic carbocycles. The largest absolute Gasteiger partial charge is 0.289 e. The standard InChI is InChI=1S/C26H24OS/c1-15-6-10-20(11-7-15)25(27)24-22-12-8-16(2)14-23(22)28-26(24)21-13-9-17(3)18(4)19(21)5/h6-14H,1-5H3. The third-order valence-corrected chi connectivity index (χ3v) is 6.87. The molecule has 0 radical (unpaired) electrons. The van der Waals surface area contributed by atoms with E-state index in [9.17, 15) is 4.79 Å². The Morgan fingerprint density at radius 1 is 0.750 bits per heavy atom. The van der Waals surface area contributed by atoms with Crippen LogP contribution in [-0.2, 0) is 0 Å². The normalized spacial score (nSPS) is 11.2. The molecule has 0 saturated carbocycles. The SMILES string of the molecule is Cc1ccc(C(=O)c2c(-c3ccc(C)c(C)c3C)sc3cc(C)ccc23)cc1. The van der Waals surface area contributed by atoms with Gasteiger partial charge >= 0.3 is 0 Å². The Kier molecular flexibility index (Phi) is 4.68. The molecular weight excluding hydrogens is 360 g/mol. The minimum atomic E-state index is 0.0998. The number of hydrogen-bond donors (Lipinski definition) is 0. The Labute approximate surface area is 170 Å². The van der Waals surface area contributed by atoms with Gasteiger partial charge in [-0.1, -0.05) is 54.1 Å². The van der Waals surface area contributed by atoms with Gasteiger partial charge in [-0.25, -0.2) is 0 Å². The molecule has 2 heteroatoms. The van der Waals surface area contributed by atoms with Gasteiger partial charge in [-0.05, 0) is 68.5 Å². The average molecular weight is 385 g/mol. The molecular formula is C26H24OS. The predicted octanol–water partition coefficient (Wildman–Crippen LogP) is 7.34. The molecule has 1 nitrogen and oxygen atoms in total. The number of ketones is 1. The Balaban J connectivity index is 2.01. The van der Waals surface area contributed by atoms with Crippen LogP contribution in [0.1, 0.15) is 43.7 Å². The number of carbonyl (C=O) groups is 1. The van der Waals surface area contributed by atoms with Gasteiger partial charge in [-0.15, -0.1) is 11.3 Å². The fraction of sp³-hybridized carbons (Fsp3) is 0.192. The van der Waals surface area contributed by atoms with Crippen LogP contribution in [0, 0.1) is 34.6 Å². The smallest absolute Gasteiger partial charge is 0.195 e. The Morgan fingerprint density at radius 2 is 1.43 bits per heavy atom. The van der Waals surface area contributed by atoms with Gasteiger partial charge < -0.3 is 0 Å². The summed E-state index contributed by atoms with van der Waals surface area (Å²) in [5.74, 6) is 0.0998. The highest BCUT2D eigenvalue weighted by Crippen LogP contribution is 2.42. The quantitative estimate of drug-likeness (QED) is 0.338. The predicted molar refractivity (Wildman–Crippen MR) is 121 cm³/mol. The van der Waals surface area contributed by atoms with Crippen molar-refractivity contribution in [3.8, 4) is 10.4 Å². The Morgan fingerprint density at radius 3 is 2.14 bits per heavy atom. The third kappa shape index (κ3) is 3.08. The van der Waals surface area contributed by atoms with E-state index in [4.69, 9.17) is 0 Å². The Hall–Kier alpha value is -2.71. The fourth-order valence-electron chi connectivity index (χ4n) is 3.67. The lowest BCUT2D eigenvalue weighted by Crippen LogP contribution is -2.03. The molecule has 0 saturated heterocycles. The van der Waals surface area contributed by atoms with E-state index in [1.54, 1.807) is 11.3 Å². The van der Waals surface area contributed by atoms with E-state index in [1.165, 1.54) is 27.0 Å². The summed E-state index contributed by atoms with van der Waals surface area (Å²) in [6, 6.07) is 18.6. The molecule has 0 aliphatic carbocycles. The molecule has 0 amide bonds. The summed E-state index contributed by atoms with van der Waals surface area (Å²) in [7, 11) is 0. The summed E-state index contributed by atoms with van der Waals surface area (Å²) >= 11 is 1.73. The lowest BCUT2D eigenvalue weighted by Gasteiger charge is -2.12. The molecule has 1 aromatic heterocycles. The maximum absolute atomic E-state index is 13.6. The van der Waals surface area contributed by atoms with Crippen LogP contribution in [0.25, 0.3) is 20.5 Å². The molecule has 0 atom stereocenters. The van der Waals surface area contributed by atoms with Crippen molar-refractivity contribution in [3.05, 3.63) is 93.5 Å². The van der Waals surface area contributed by atoms with Gasteiger partial charge in [0, 0.05) is 26.1 Å². The molecule has 0 N–H and O–H groups in total. The van der Waals surface area contributed by atoms with Crippen LogP contribution >= 0.6 is 11.3 Å². The molecule has 0 aliphatic rings. The zero-order chi connectivity index (χ0) is 20.0. The summed E-state index contributed by atoms with van der Waals surface area (Å²) in [6.07, 6.45) is 0. The second-order valence-electron chi connectivity index (χ2n) is 7.68. The minimum Gasteiger partial charge on any atom is -0.289 e. The van der Waals surface area contributed by atoms with Crippen molar-refractivity contribution in [3.63, 3.8) is 0 Å². The highest BCUT2D eigenvalue weighted by Gasteiger charge is 2.23. The monoisotopic (exact) mass is 384 g/mol. The first kappa shape index (κ1) is 18.6. The van der Waals surface area contributed by atoms with E-state index in [0.29, 0.717) is 0 Å². The fourth-order valence-corrected chi connectivity index (χ4v) is 5.05. The summed E-state index contributed by atoms with van der Waals surface area (Å²) in [5, 5.41) is 1.05. The molecule has 0 fully saturated rings. The van der Waals surface area contributed by atoms with Crippen LogP contribution in [0.4, 0.5) is 0 Å². The molecule has 0 aliphatic heterocycles. The van der Waals surface area contributed by atoms with Gasteiger partial charge in [0.25, 0.3) is 0 Å². The zero-order valence-electron chi connectivity index (χ0n) is 17.0. The van der Waals surface area contributed by atoms with Crippen LogP contribution in [0.15, 0.2) is 54.6 Å². The van der Waals surface area contributed by atoms with Crippen LogP contribution in [0.3, 0.4) is 0 Å². The van der Waals surface area contributed by atoms with Crippen molar-refractivity contribution in [2.75, 3.05) is 0 Å². The summed E-state index contributed by atoms with van der Waals surface area (Å²) in [6.45, 7) is 10.6. The molecule has 4 aromatic rings.